The van der Waals surface area contributed by atoms with Crippen LogP contribution in [-0.4, -0.2) is 32.5 Å². The number of aryl methyl sites for hydroxylation is 1. The molecule has 0 N–H and O–H groups in total. The number of nitrogens with zero attached hydrogens (tertiary/aromatic N) is 8. The van der Waals surface area contributed by atoms with Crippen LogP contribution in [0, 0.1) is 20.2 Å². The van der Waals surface area contributed by atoms with Crippen molar-refractivity contribution in [3.8, 4) is 0 Å². The average molecular weight is 482 g/mol. The van der Waals surface area contributed by atoms with Gasteiger partial charge in [-0.25, -0.2) is 14.1 Å². The van der Waals surface area contributed by atoms with Crippen LogP contribution in [0.4, 0.5) is 27.9 Å². The number of nitro benzene ring substituents is 2. The Labute approximate surface area is 197 Å². The fourth-order valence-electron chi connectivity index (χ4n) is 3.44. The number of hydrogen-bond acceptors (Lipinski definition) is 9. The Bertz CT molecular complexity index is 1380. The number of thiazole rings is 1. The normalized spacial score (nSPS) is 11.4. The summed E-state index contributed by atoms with van der Waals surface area (Å²) in [6, 6.07) is 9.73. The van der Waals surface area contributed by atoms with Crippen molar-refractivity contribution in [3.05, 3.63) is 75.3 Å². The van der Waals surface area contributed by atoms with Crippen LogP contribution in [0.5, 0.6) is 0 Å². The molecular weight excluding hydrogens is 460 g/mol. The van der Waals surface area contributed by atoms with E-state index in [-0.39, 0.29) is 16.3 Å². The molecule has 2 aromatic carbocycles. The standard InChI is InChI=1S/C21H21N8O4S/c1-3-27(11-10-26-9-8-25(2)14-26)16-6-4-15(5-7-16)23-24-21-22-20-18(29(32)33)12-17(28(30)31)13-19(20)34-21/h4-9,12-14H,3,10-11H2,1-2H3/q+1. The molecular formula is C21H21N8O4S+. The van der Waals surface area contributed by atoms with E-state index < -0.39 is 15.5 Å². The maximum Gasteiger partial charge on any atom is 0.303 e. The molecule has 0 atom stereocenters. The van der Waals surface area contributed by atoms with Gasteiger partial charge in [-0.15, -0.1) is 10.2 Å². The van der Waals surface area contributed by atoms with E-state index in [1.807, 2.05) is 54.6 Å². The van der Waals surface area contributed by atoms with E-state index >= 15 is 0 Å². The van der Waals surface area contributed by atoms with Crippen molar-refractivity contribution in [1.82, 2.24) is 9.55 Å². The van der Waals surface area contributed by atoms with Gasteiger partial charge in [0.1, 0.15) is 18.9 Å². The summed E-state index contributed by atoms with van der Waals surface area (Å²) in [6.07, 6.45) is 6.07. The van der Waals surface area contributed by atoms with Gasteiger partial charge in [-0.2, -0.15) is 0 Å². The number of rotatable bonds is 9. The lowest BCUT2D eigenvalue weighted by molar-refractivity contribution is -0.671. The molecule has 0 aliphatic rings. The van der Waals surface area contributed by atoms with Crippen molar-refractivity contribution in [2.24, 2.45) is 17.3 Å². The lowest BCUT2D eigenvalue weighted by atomic mass is 10.2. The molecule has 174 valence electrons. The van der Waals surface area contributed by atoms with Gasteiger partial charge in [-0.3, -0.25) is 20.2 Å². The Morgan fingerprint density at radius 1 is 1.15 bits per heavy atom. The maximum absolute atomic E-state index is 11.3. The largest absolute Gasteiger partial charge is 0.368 e. The Hall–Kier alpha value is -4.26. The van der Waals surface area contributed by atoms with Crippen LogP contribution >= 0.6 is 11.3 Å². The molecule has 4 aromatic rings. The van der Waals surface area contributed by atoms with Crippen molar-refractivity contribution < 1.29 is 14.4 Å². The smallest absolute Gasteiger partial charge is 0.303 e. The molecule has 0 saturated heterocycles. The predicted octanol–water partition coefficient (Wildman–Crippen LogP) is 4.68. The highest BCUT2D eigenvalue weighted by Crippen LogP contribution is 2.37. The van der Waals surface area contributed by atoms with Crippen molar-refractivity contribution >= 4 is 49.4 Å². The zero-order valence-electron chi connectivity index (χ0n) is 18.4. The van der Waals surface area contributed by atoms with Crippen LogP contribution in [0.1, 0.15) is 6.92 Å². The first kappa shape index (κ1) is 22.9. The van der Waals surface area contributed by atoms with Crippen LogP contribution in [0.3, 0.4) is 0 Å². The molecule has 0 aliphatic heterocycles. The van der Waals surface area contributed by atoms with Crippen molar-refractivity contribution in [2.75, 3.05) is 18.0 Å². The average Bonchev–Trinajstić information content (AvgIpc) is 3.43. The third kappa shape index (κ3) is 5.04. The Morgan fingerprint density at radius 3 is 2.53 bits per heavy atom. The van der Waals surface area contributed by atoms with Gasteiger partial charge in [0.05, 0.1) is 39.9 Å². The molecule has 0 saturated carbocycles. The first-order chi connectivity index (χ1) is 16.3. The molecule has 0 radical (unpaired) electrons. The number of anilines is 1. The first-order valence-electron chi connectivity index (χ1n) is 10.3. The van der Waals surface area contributed by atoms with E-state index in [1.165, 1.54) is 6.07 Å². The van der Waals surface area contributed by atoms with E-state index in [2.05, 4.69) is 31.6 Å². The number of aromatic nitrogens is 3. The summed E-state index contributed by atoms with van der Waals surface area (Å²) in [4.78, 5) is 27.4. The lowest BCUT2D eigenvalue weighted by Gasteiger charge is -2.22. The Morgan fingerprint density at radius 2 is 1.91 bits per heavy atom. The minimum Gasteiger partial charge on any atom is -0.368 e. The number of hydrogen-bond donors (Lipinski definition) is 0. The highest BCUT2D eigenvalue weighted by atomic mass is 32.1. The number of benzene rings is 2. The maximum atomic E-state index is 11.3. The number of likely N-dealkylation sites (N-methyl/N-ethyl adjacent to an activating group) is 1. The highest BCUT2D eigenvalue weighted by molar-refractivity contribution is 7.22. The van der Waals surface area contributed by atoms with Crippen LogP contribution in [0.15, 0.2) is 65.3 Å². The van der Waals surface area contributed by atoms with Crippen molar-refractivity contribution in [3.63, 3.8) is 0 Å². The van der Waals surface area contributed by atoms with Crippen molar-refractivity contribution in [1.29, 1.82) is 0 Å². The van der Waals surface area contributed by atoms with Crippen LogP contribution in [-0.2, 0) is 13.6 Å². The second kappa shape index (κ2) is 9.70. The molecule has 13 heteroatoms. The molecule has 12 nitrogen and oxygen atoms in total. The van der Waals surface area contributed by atoms with Gasteiger partial charge >= 0.3 is 5.69 Å². The van der Waals surface area contributed by atoms with E-state index in [1.54, 1.807) is 0 Å². The minimum atomic E-state index is -0.690. The monoisotopic (exact) mass is 481 g/mol. The SMILES string of the molecule is CCN(CCn1cc[n+](C)c1)c1ccc(N=Nc2nc3c([N+](=O)[O-])cc([N+](=O)[O-])cc3s2)cc1. The summed E-state index contributed by atoms with van der Waals surface area (Å²) in [5.41, 5.74) is 0.908. The predicted molar refractivity (Wildman–Crippen MR) is 127 cm³/mol. The molecule has 0 spiro atoms. The number of nitro groups is 2. The van der Waals surface area contributed by atoms with E-state index in [0.29, 0.717) is 10.4 Å². The summed E-state index contributed by atoms with van der Waals surface area (Å²) in [5.74, 6) is 0. The summed E-state index contributed by atoms with van der Waals surface area (Å²) in [5, 5.41) is 30.8. The number of azo groups is 1. The second-order valence-electron chi connectivity index (χ2n) is 7.44. The molecule has 0 aliphatic carbocycles. The van der Waals surface area contributed by atoms with E-state index in [9.17, 15) is 20.2 Å². The van der Waals surface area contributed by atoms with Gasteiger partial charge in [0.2, 0.25) is 11.5 Å². The molecule has 4 rings (SSSR count). The highest BCUT2D eigenvalue weighted by Gasteiger charge is 2.22. The van der Waals surface area contributed by atoms with Gasteiger partial charge in [-0.1, -0.05) is 11.3 Å². The Kier molecular flexibility index (Phi) is 6.54. The summed E-state index contributed by atoms with van der Waals surface area (Å²) >= 11 is 1.00. The van der Waals surface area contributed by atoms with Gasteiger partial charge in [0.15, 0.2) is 5.52 Å². The number of fused-ring (bicyclic) bond motifs is 1. The molecule has 2 heterocycles. The molecule has 0 bridgehead atoms. The topological polar surface area (TPSA) is 136 Å². The van der Waals surface area contributed by atoms with Crippen LogP contribution in [0.2, 0.25) is 0 Å². The lowest BCUT2D eigenvalue weighted by Crippen LogP contribution is -2.28. The quantitative estimate of drug-likeness (QED) is 0.147. The summed E-state index contributed by atoms with van der Waals surface area (Å²) in [6.45, 7) is 4.66. The van der Waals surface area contributed by atoms with Gasteiger partial charge in [0, 0.05) is 18.3 Å². The molecule has 0 fully saturated rings. The van der Waals surface area contributed by atoms with Gasteiger partial charge in [-0.05, 0) is 31.2 Å². The fourth-order valence-corrected chi connectivity index (χ4v) is 4.29. The fraction of sp³-hybridized carbons (Fsp3) is 0.238. The summed E-state index contributed by atoms with van der Waals surface area (Å²) < 4.78 is 4.43. The first-order valence-corrected chi connectivity index (χ1v) is 11.2. The van der Waals surface area contributed by atoms with E-state index in [4.69, 9.17) is 0 Å². The zero-order chi connectivity index (χ0) is 24.2. The Balaban J connectivity index is 1.49. The molecule has 0 unspecified atom stereocenters. The summed E-state index contributed by atoms with van der Waals surface area (Å²) in [7, 11) is 1.99. The molecule has 34 heavy (non-hydrogen) atoms. The third-order valence-electron chi connectivity index (χ3n) is 5.16. The number of imidazole rings is 1. The molecule has 2 aromatic heterocycles. The minimum absolute atomic E-state index is 0.0553. The van der Waals surface area contributed by atoms with Gasteiger partial charge < -0.3 is 4.90 Å². The van der Waals surface area contributed by atoms with Crippen molar-refractivity contribution in [2.45, 2.75) is 13.5 Å². The van der Waals surface area contributed by atoms with Gasteiger partial charge in [0.25, 0.3) is 5.69 Å². The van der Waals surface area contributed by atoms with E-state index in [0.717, 1.165) is 42.7 Å². The third-order valence-corrected chi connectivity index (χ3v) is 6.04. The second-order valence-corrected chi connectivity index (χ2v) is 8.44. The van der Waals surface area contributed by atoms with Crippen LogP contribution in [0.25, 0.3) is 10.2 Å². The molecule has 0 amide bonds. The number of non-ortho nitro benzene ring substituents is 2. The zero-order valence-corrected chi connectivity index (χ0v) is 19.3. The van der Waals surface area contributed by atoms with Crippen LogP contribution < -0.4 is 9.47 Å².